The minimum atomic E-state index is -1.42. The number of hydrogen-bond donors (Lipinski definition) is 0. The molecule has 1 aromatic carbocycles. The summed E-state index contributed by atoms with van der Waals surface area (Å²) in [5.41, 5.74) is 0.490. The normalized spacial score (nSPS) is 16.1. The van der Waals surface area contributed by atoms with Crippen LogP contribution < -0.4 is 5.11 Å². The van der Waals surface area contributed by atoms with Crippen molar-refractivity contribution in [3.8, 4) is 0 Å². The lowest BCUT2D eigenvalue weighted by Gasteiger charge is -2.30. The van der Waals surface area contributed by atoms with Gasteiger partial charge in [0.15, 0.2) is 0 Å². The standard InChI is InChI=1S/C13H13NO4/c1-7(2)10(13(17)18)14-11(15)8-5-3-4-6-9(8)12(14)16/h3-7,10H,1-2H3,(H,17,18)/p-1/t10-/m0/s1. The molecule has 0 saturated carbocycles. The summed E-state index contributed by atoms with van der Waals surface area (Å²) < 4.78 is 0. The van der Waals surface area contributed by atoms with Gasteiger partial charge in [0.1, 0.15) is 0 Å². The fourth-order valence-corrected chi connectivity index (χ4v) is 2.14. The summed E-state index contributed by atoms with van der Waals surface area (Å²) >= 11 is 0. The summed E-state index contributed by atoms with van der Waals surface area (Å²) in [6.45, 7) is 3.26. The molecule has 1 aromatic rings. The zero-order valence-corrected chi connectivity index (χ0v) is 10.0. The Hall–Kier alpha value is -2.17. The third-order valence-electron chi connectivity index (χ3n) is 2.98. The third-order valence-corrected chi connectivity index (χ3v) is 2.98. The number of benzene rings is 1. The predicted molar refractivity (Wildman–Crippen MR) is 60.6 cm³/mol. The van der Waals surface area contributed by atoms with E-state index in [1.807, 2.05) is 0 Å². The Morgan fingerprint density at radius 3 is 1.89 bits per heavy atom. The van der Waals surface area contributed by atoms with Gasteiger partial charge in [0, 0.05) is 0 Å². The van der Waals surface area contributed by atoms with Crippen LogP contribution in [0.5, 0.6) is 0 Å². The molecule has 94 valence electrons. The van der Waals surface area contributed by atoms with E-state index < -0.39 is 29.7 Å². The molecule has 2 amide bonds. The van der Waals surface area contributed by atoms with E-state index in [4.69, 9.17) is 0 Å². The van der Waals surface area contributed by atoms with E-state index >= 15 is 0 Å². The van der Waals surface area contributed by atoms with Crippen molar-refractivity contribution in [1.82, 2.24) is 4.90 Å². The van der Waals surface area contributed by atoms with Gasteiger partial charge >= 0.3 is 0 Å². The smallest absolute Gasteiger partial charge is 0.262 e. The highest BCUT2D eigenvalue weighted by Gasteiger charge is 2.41. The monoisotopic (exact) mass is 246 g/mol. The van der Waals surface area contributed by atoms with E-state index in [0.29, 0.717) is 0 Å². The molecule has 0 aliphatic carbocycles. The second-order valence-corrected chi connectivity index (χ2v) is 4.53. The molecular weight excluding hydrogens is 234 g/mol. The molecule has 0 fully saturated rings. The SMILES string of the molecule is CC(C)[C@@H](C(=O)[O-])N1C(=O)c2ccccc2C1=O. The van der Waals surface area contributed by atoms with Crippen LogP contribution in [0, 0.1) is 5.92 Å². The number of carbonyl (C=O) groups is 3. The van der Waals surface area contributed by atoms with Crippen LogP contribution in [-0.2, 0) is 4.79 Å². The molecule has 0 unspecified atom stereocenters. The zero-order chi connectivity index (χ0) is 13.4. The highest BCUT2D eigenvalue weighted by molar-refractivity contribution is 6.22. The van der Waals surface area contributed by atoms with Crippen LogP contribution in [0.15, 0.2) is 24.3 Å². The highest BCUT2D eigenvalue weighted by Crippen LogP contribution is 2.26. The predicted octanol–water partition coefficient (Wildman–Crippen LogP) is 0.0571. The van der Waals surface area contributed by atoms with Crippen molar-refractivity contribution in [2.45, 2.75) is 19.9 Å². The summed E-state index contributed by atoms with van der Waals surface area (Å²) in [5, 5.41) is 11.1. The second-order valence-electron chi connectivity index (χ2n) is 4.53. The Bertz CT molecular complexity index is 501. The van der Waals surface area contributed by atoms with Gasteiger partial charge in [-0.15, -0.1) is 0 Å². The van der Waals surface area contributed by atoms with E-state index in [2.05, 4.69) is 0 Å². The average Bonchev–Trinajstić information content (AvgIpc) is 2.55. The van der Waals surface area contributed by atoms with Gasteiger partial charge in [-0.3, -0.25) is 14.5 Å². The van der Waals surface area contributed by atoms with Gasteiger partial charge in [-0.1, -0.05) is 26.0 Å². The molecule has 1 aliphatic rings. The minimum Gasteiger partial charge on any atom is -0.548 e. The fourth-order valence-electron chi connectivity index (χ4n) is 2.14. The van der Waals surface area contributed by atoms with E-state index in [1.165, 1.54) is 12.1 Å². The average molecular weight is 246 g/mol. The first kappa shape index (κ1) is 12.3. The molecule has 0 saturated heterocycles. The molecule has 0 spiro atoms. The van der Waals surface area contributed by atoms with Crippen LogP contribution in [0.25, 0.3) is 0 Å². The Balaban J connectivity index is 2.47. The van der Waals surface area contributed by atoms with Gasteiger partial charge < -0.3 is 9.90 Å². The van der Waals surface area contributed by atoms with Gasteiger partial charge in [0.2, 0.25) is 0 Å². The van der Waals surface area contributed by atoms with Crippen molar-refractivity contribution in [3.63, 3.8) is 0 Å². The second kappa shape index (κ2) is 4.25. The van der Waals surface area contributed by atoms with Crippen molar-refractivity contribution in [2.24, 2.45) is 5.92 Å². The molecule has 5 heteroatoms. The summed E-state index contributed by atoms with van der Waals surface area (Å²) in [4.78, 5) is 36.0. The van der Waals surface area contributed by atoms with Crippen LogP contribution in [0.2, 0.25) is 0 Å². The first-order chi connectivity index (χ1) is 8.45. The van der Waals surface area contributed by atoms with Crippen molar-refractivity contribution in [3.05, 3.63) is 35.4 Å². The number of aliphatic carboxylic acids is 1. The summed E-state index contributed by atoms with van der Waals surface area (Å²) in [7, 11) is 0. The van der Waals surface area contributed by atoms with Crippen LogP contribution in [0.3, 0.4) is 0 Å². The molecule has 1 heterocycles. The lowest BCUT2D eigenvalue weighted by atomic mass is 10.0. The molecule has 0 aromatic heterocycles. The van der Waals surface area contributed by atoms with E-state index in [0.717, 1.165) is 4.90 Å². The number of carboxylic acids is 1. The molecule has 0 bridgehead atoms. The lowest BCUT2D eigenvalue weighted by Crippen LogP contribution is -2.53. The van der Waals surface area contributed by atoms with E-state index in [-0.39, 0.29) is 11.1 Å². The van der Waals surface area contributed by atoms with Gasteiger partial charge in [0.25, 0.3) is 11.8 Å². The Labute approximate surface area is 104 Å². The number of nitrogens with zero attached hydrogens (tertiary/aromatic N) is 1. The zero-order valence-electron chi connectivity index (χ0n) is 10.0. The van der Waals surface area contributed by atoms with Crippen LogP contribution in [0.1, 0.15) is 34.6 Å². The van der Waals surface area contributed by atoms with Crippen molar-refractivity contribution < 1.29 is 19.5 Å². The van der Waals surface area contributed by atoms with Gasteiger partial charge in [-0.25, -0.2) is 0 Å². The van der Waals surface area contributed by atoms with Crippen LogP contribution in [0.4, 0.5) is 0 Å². The molecule has 18 heavy (non-hydrogen) atoms. The number of fused-ring (bicyclic) bond motifs is 1. The maximum Gasteiger partial charge on any atom is 0.262 e. The Morgan fingerprint density at radius 2 is 1.56 bits per heavy atom. The summed E-state index contributed by atoms with van der Waals surface area (Å²) in [6, 6.07) is 5.07. The van der Waals surface area contributed by atoms with Crippen molar-refractivity contribution in [1.29, 1.82) is 0 Å². The number of amides is 2. The number of hydrogen-bond acceptors (Lipinski definition) is 4. The number of rotatable bonds is 3. The quantitative estimate of drug-likeness (QED) is 0.706. The first-order valence-electron chi connectivity index (χ1n) is 5.63. The van der Waals surface area contributed by atoms with Crippen LogP contribution >= 0.6 is 0 Å². The van der Waals surface area contributed by atoms with Crippen molar-refractivity contribution >= 4 is 17.8 Å². The maximum atomic E-state index is 12.1. The Morgan fingerprint density at radius 1 is 1.11 bits per heavy atom. The largest absolute Gasteiger partial charge is 0.548 e. The molecule has 0 N–H and O–H groups in total. The molecular formula is C13H12NO4-. The molecule has 1 atom stereocenters. The Kier molecular flexibility index (Phi) is 2.90. The number of carbonyl (C=O) groups excluding carboxylic acids is 3. The molecule has 0 radical (unpaired) electrons. The van der Waals surface area contributed by atoms with Gasteiger partial charge in [-0.2, -0.15) is 0 Å². The number of imide groups is 1. The number of carboxylic acid groups (broad SMARTS) is 1. The minimum absolute atomic E-state index is 0.245. The maximum absolute atomic E-state index is 12.1. The topological polar surface area (TPSA) is 77.5 Å². The molecule has 2 rings (SSSR count). The summed E-state index contributed by atoms with van der Waals surface area (Å²) in [6.07, 6.45) is 0. The molecule has 5 nitrogen and oxygen atoms in total. The highest BCUT2D eigenvalue weighted by atomic mass is 16.4. The van der Waals surface area contributed by atoms with E-state index in [1.54, 1.807) is 26.0 Å². The van der Waals surface area contributed by atoms with E-state index in [9.17, 15) is 19.5 Å². The lowest BCUT2D eigenvalue weighted by molar-refractivity contribution is -0.311. The molecule has 1 aliphatic heterocycles. The van der Waals surface area contributed by atoms with Gasteiger partial charge in [-0.05, 0) is 18.1 Å². The van der Waals surface area contributed by atoms with Crippen LogP contribution in [-0.4, -0.2) is 28.7 Å². The third kappa shape index (κ3) is 1.68. The fraction of sp³-hybridized carbons (Fsp3) is 0.308. The first-order valence-corrected chi connectivity index (χ1v) is 5.63. The summed E-state index contributed by atoms with van der Waals surface area (Å²) in [5.74, 6) is -2.96. The van der Waals surface area contributed by atoms with Crippen molar-refractivity contribution in [2.75, 3.05) is 0 Å². The van der Waals surface area contributed by atoms with Gasteiger partial charge in [0.05, 0.1) is 23.1 Å².